The van der Waals surface area contributed by atoms with Gasteiger partial charge in [0.15, 0.2) is 12.6 Å². The van der Waals surface area contributed by atoms with Crippen LogP contribution in [0.2, 0.25) is 0 Å². The first-order valence-electron chi connectivity index (χ1n) is 18.1. The van der Waals surface area contributed by atoms with E-state index in [4.69, 9.17) is 59.8 Å². The molecule has 4 heterocycles. The molecule has 59 heavy (non-hydrogen) atoms. The van der Waals surface area contributed by atoms with E-state index in [0.717, 1.165) is 0 Å². The molecule has 0 saturated carbocycles. The average molecular weight is 875 g/mol. The smallest absolute Gasteiger partial charge is 0.364 e. The summed E-state index contributed by atoms with van der Waals surface area (Å²) in [6.07, 6.45) is -28.7. The van der Waals surface area contributed by atoms with Gasteiger partial charge in [-0.05, 0) is 0 Å². The Morgan fingerprint density at radius 3 is 1.42 bits per heavy atom. The molecular weight excluding hydrogens is 816 g/mol. The van der Waals surface area contributed by atoms with Gasteiger partial charge in [-0.1, -0.05) is 13.8 Å². The van der Waals surface area contributed by atoms with Crippen LogP contribution in [0.25, 0.3) is 0 Å². The molecule has 4 saturated heterocycles. The summed E-state index contributed by atoms with van der Waals surface area (Å²) in [5.41, 5.74) is 0. The highest BCUT2D eigenvalue weighted by Gasteiger charge is 2.56. The van der Waals surface area contributed by atoms with Crippen molar-refractivity contribution < 1.29 is 135 Å². The van der Waals surface area contributed by atoms with Crippen LogP contribution in [-0.2, 0) is 33.3 Å². The second-order valence-corrected chi connectivity index (χ2v) is 14.6. The van der Waals surface area contributed by atoms with Gasteiger partial charge in [-0.25, -0.2) is 9.59 Å². The van der Waals surface area contributed by atoms with Gasteiger partial charge in [0.2, 0.25) is 0 Å². The number of hydrogen-bond donors (Lipinski definition) is 20. The van der Waals surface area contributed by atoms with Gasteiger partial charge in [-0.3, -0.25) is 0 Å². The van der Waals surface area contributed by atoms with E-state index in [-0.39, 0.29) is 0 Å². The molecule has 4 rings (SSSR count). The van der Waals surface area contributed by atoms with E-state index in [0.29, 0.717) is 0 Å². The van der Waals surface area contributed by atoms with E-state index in [1.54, 1.807) is 0 Å². The first kappa shape index (κ1) is 53.2. The minimum absolute atomic E-state index is 0.526. The Balaban J connectivity index is 0.000000339. The maximum atomic E-state index is 11.9. The van der Waals surface area contributed by atoms with Crippen LogP contribution in [0, 0.1) is 11.8 Å². The van der Waals surface area contributed by atoms with Crippen LogP contribution in [0.3, 0.4) is 0 Å². The standard InChI is InChI=1S/C16H28O13.C10H18O8.C6H12O6/c1-5-6(18)2-16(15(25)26,29-13(5)9(20)7(19)3-17)27-4-8-10(21)11(22)12(23)14(24)28-8;1-4-5(12)2-10(17,9(15)16)18-8(4)7(14)6(13)3-11;7-1-2-3(8)4(9)5(10)6(11)12-2/h5-14,17-24H,2-4H2,1H3,(H,25,26);4-8,11-14,17H,2-3H2,1H3,(H,15,16);2-11H,1H2/t5-,6-,7-,8?,9-,10-,11+,12?,13?,14-,16-;4-,5-,6-,7-,8?,10-;2?,3-,4+,5?,6-/m111/s1. The van der Waals surface area contributed by atoms with Crippen LogP contribution < -0.4 is 0 Å². The lowest BCUT2D eigenvalue weighted by molar-refractivity contribution is -0.338. The Bertz CT molecular complexity index is 1290. The highest BCUT2D eigenvalue weighted by atomic mass is 16.7. The summed E-state index contributed by atoms with van der Waals surface area (Å²) in [7, 11) is 0. The first-order chi connectivity index (χ1) is 27.2. The normalized spacial score (nSPS) is 44.7. The molecule has 0 bridgehead atoms. The lowest BCUT2D eigenvalue weighted by Crippen LogP contribution is -2.63. The molecule has 0 aromatic carbocycles. The minimum Gasteiger partial charge on any atom is -0.477 e. The number of rotatable bonds is 12. The van der Waals surface area contributed by atoms with E-state index in [1.165, 1.54) is 13.8 Å². The van der Waals surface area contributed by atoms with Crippen LogP contribution in [0.4, 0.5) is 0 Å². The van der Waals surface area contributed by atoms with E-state index >= 15 is 0 Å². The highest BCUT2D eigenvalue weighted by Crippen LogP contribution is 2.37. The molecule has 348 valence electrons. The lowest BCUT2D eigenvalue weighted by Gasteiger charge is -2.46. The fourth-order valence-corrected chi connectivity index (χ4v) is 6.34. The van der Waals surface area contributed by atoms with Gasteiger partial charge >= 0.3 is 11.9 Å². The van der Waals surface area contributed by atoms with Crippen LogP contribution in [0.5, 0.6) is 0 Å². The van der Waals surface area contributed by atoms with Crippen molar-refractivity contribution in [3.63, 3.8) is 0 Å². The number of ether oxygens (including phenoxy) is 5. The molecule has 0 amide bonds. The van der Waals surface area contributed by atoms with Gasteiger partial charge in [0, 0.05) is 24.7 Å². The number of carbonyl (C=O) groups is 2. The van der Waals surface area contributed by atoms with Crippen LogP contribution >= 0.6 is 0 Å². The van der Waals surface area contributed by atoms with Gasteiger partial charge in [-0.2, -0.15) is 0 Å². The number of aliphatic carboxylic acids is 2. The topological polar surface area (TPSA) is 485 Å². The zero-order valence-corrected chi connectivity index (χ0v) is 31.6. The summed E-state index contributed by atoms with van der Waals surface area (Å²) in [5, 5.41) is 188. The molecule has 20 N–H and O–H groups in total. The van der Waals surface area contributed by atoms with Crippen molar-refractivity contribution in [2.75, 3.05) is 26.4 Å². The van der Waals surface area contributed by atoms with Gasteiger partial charge < -0.3 is 126 Å². The molecule has 4 aliphatic rings. The molecule has 4 aliphatic heterocycles. The second kappa shape index (κ2) is 22.4. The van der Waals surface area contributed by atoms with Gasteiger partial charge in [0.25, 0.3) is 11.6 Å². The maximum absolute atomic E-state index is 11.9. The molecule has 0 spiro atoms. The molecule has 0 aromatic rings. The monoisotopic (exact) mass is 874 g/mol. The molecule has 0 radical (unpaired) electrons. The van der Waals surface area contributed by atoms with E-state index < -0.39 is 185 Å². The Morgan fingerprint density at radius 1 is 0.610 bits per heavy atom. The number of aliphatic hydroxyl groups is 18. The summed E-state index contributed by atoms with van der Waals surface area (Å²) in [5.74, 6) is -10.1. The number of carboxylic acids is 2. The summed E-state index contributed by atoms with van der Waals surface area (Å²) in [6, 6.07) is 0. The van der Waals surface area contributed by atoms with Gasteiger partial charge in [-0.15, -0.1) is 0 Å². The Hall–Kier alpha value is -1.98. The van der Waals surface area contributed by atoms with E-state index in [1.807, 2.05) is 0 Å². The third-order valence-corrected chi connectivity index (χ3v) is 10.4. The summed E-state index contributed by atoms with van der Waals surface area (Å²) in [4.78, 5) is 22.7. The lowest BCUT2D eigenvalue weighted by atomic mass is 9.84. The summed E-state index contributed by atoms with van der Waals surface area (Å²) < 4.78 is 25.0. The van der Waals surface area contributed by atoms with E-state index in [9.17, 15) is 70.9 Å². The van der Waals surface area contributed by atoms with E-state index in [2.05, 4.69) is 4.74 Å². The van der Waals surface area contributed by atoms with Gasteiger partial charge in [0.1, 0.15) is 73.2 Å². The summed E-state index contributed by atoms with van der Waals surface area (Å²) >= 11 is 0. The van der Waals surface area contributed by atoms with Crippen molar-refractivity contribution in [1.29, 1.82) is 0 Å². The molecular formula is C32H58O27. The zero-order chi connectivity index (χ0) is 45.5. The van der Waals surface area contributed by atoms with Crippen molar-refractivity contribution in [2.45, 2.75) is 149 Å². The number of aliphatic hydroxyl groups excluding tert-OH is 17. The SMILES string of the molecule is C[C@H]1C([C@H](O)[C@H](O)CO)O[C@@](O)(C(=O)O)C[C@H]1O.C[C@H]1C([C@H](O)[C@H](O)CO)O[C@@](OCC2O[C@@H](O)C(O)[C@@H](O)[C@@H]2O)(C(=O)O)C[C@H]1O.OCC1O[C@@H](O)C(O)[C@@H](O)[C@@H]1O. The van der Waals surface area contributed by atoms with Gasteiger partial charge in [0.05, 0.1) is 50.8 Å². The largest absolute Gasteiger partial charge is 0.477 e. The molecule has 27 heteroatoms. The second-order valence-electron chi connectivity index (χ2n) is 14.6. The summed E-state index contributed by atoms with van der Waals surface area (Å²) in [6.45, 7) is 0.0592. The predicted molar refractivity (Wildman–Crippen MR) is 181 cm³/mol. The predicted octanol–water partition coefficient (Wildman–Crippen LogP) is -10.9. The molecule has 6 unspecified atom stereocenters. The van der Waals surface area contributed by atoms with Crippen molar-refractivity contribution in [2.24, 2.45) is 11.8 Å². The Morgan fingerprint density at radius 2 is 1.02 bits per heavy atom. The van der Waals surface area contributed by atoms with Crippen molar-refractivity contribution in [1.82, 2.24) is 0 Å². The van der Waals surface area contributed by atoms with Crippen LogP contribution in [0.1, 0.15) is 26.7 Å². The number of hydrogen-bond acceptors (Lipinski definition) is 25. The van der Waals surface area contributed by atoms with Crippen LogP contribution in [0.15, 0.2) is 0 Å². The molecule has 27 nitrogen and oxygen atoms in total. The zero-order valence-electron chi connectivity index (χ0n) is 31.6. The third kappa shape index (κ3) is 12.6. The van der Waals surface area contributed by atoms with Crippen molar-refractivity contribution in [3.05, 3.63) is 0 Å². The fourth-order valence-electron chi connectivity index (χ4n) is 6.34. The fraction of sp³-hybridized carbons (Fsp3) is 0.938. The van der Waals surface area contributed by atoms with Crippen LogP contribution in [-0.4, -0.2) is 262 Å². The minimum atomic E-state index is -2.62. The average Bonchev–Trinajstić information content (AvgIpc) is 3.20. The van der Waals surface area contributed by atoms with Crippen molar-refractivity contribution >= 4 is 11.9 Å². The Kier molecular flexibility index (Phi) is 20.2. The first-order valence-corrected chi connectivity index (χ1v) is 18.1. The third-order valence-electron chi connectivity index (χ3n) is 10.4. The highest BCUT2D eigenvalue weighted by molar-refractivity contribution is 5.76. The maximum Gasteiger partial charge on any atom is 0.364 e. The van der Waals surface area contributed by atoms with Crippen molar-refractivity contribution in [3.8, 4) is 0 Å². The molecule has 4 fully saturated rings. The molecule has 0 aliphatic carbocycles. The quantitative estimate of drug-likeness (QED) is 0.0865. The molecule has 0 aromatic heterocycles. The number of carboxylic acid groups (broad SMARTS) is 2. The Labute approximate surface area is 334 Å². The molecule has 22 atom stereocenters.